The van der Waals surface area contributed by atoms with Crippen LogP contribution in [0.2, 0.25) is 0 Å². The second-order valence-electron chi connectivity index (χ2n) is 17.6. The number of rotatable bonds is 0. The van der Waals surface area contributed by atoms with Crippen LogP contribution in [0.4, 0.5) is 0 Å². The summed E-state index contributed by atoms with van der Waals surface area (Å²) in [6.45, 7) is 9.95. The standard InChI is InChI=1S/C38H52O9/c1-18-7-6-10-38(32(43)19(18)2)35(5,44)31-27(47-38)16-37(46)24-15-26(41)30-29-22-13-20(39)14-25(40)21(22)8-12-36(29,45)28(42)17-33(30,3)23(24)9-11-34(31,37)4/h13-15,18-19,23,27-32,39-40,42-46H,6-12,16-17H2,1-5H3/t18-,19+,23+,27+,28+,29-,30-,31+,32+,33-,34-,35-,36+,37-,38+/m1/s1. The second kappa shape index (κ2) is 9.61. The van der Waals surface area contributed by atoms with E-state index in [1.807, 2.05) is 20.8 Å². The zero-order valence-corrected chi connectivity index (χ0v) is 28.2. The van der Waals surface area contributed by atoms with Crippen molar-refractivity contribution >= 4 is 5.78 Å². The lowest BCUT2D eigenvalue weighted by molar-refractivity contribution is -0.225. The number of carbonyl (C=O) groups excluding carboxylic acids is 1. The van der Waals surface area contributed by atoms with Crippen molar-refractivity contribution in [1.29, 1.82) is 0 Å². The van der Waals surface area contributed by atoms with Crippen LogP contribution in [-0.2, 0) is 16.0 Å². The monoisotopic (exact) mass is 652 g/mol. The lowest BCUT2D eigenvalue weighted by Gasteiger charge is -2.64. The Hall–Kier alpha value is -2.01. The third-order valence-corrected chi connectivity index (χ3v) is 15.8. The number of carbonyl (C=O) groups is 1. The smallest absolute Gasteiger partial charge is 0.160 e. The van der Waals surface area contributed by atoms with Crippen molar-refractivity contribution in [2.24, 2.45) is 40.4 Å². The third kappa shape index (κ3) is 3.64. The van der Waals surface area contributed by atoms with E-state index >= 15 is 0 Å². The molecule has 15 atom stereocenters. The number of aliphatic hydroxyl groups is 5. The maximum Gasteiger partial charge on any atom is 0.160 e. The highest BCUT2D eigenvalue weighted by Crippen LogP contribution is 2.74. The first-order valence-electron chi connectivity index (χ1n) is 17.9. The molecule has 0 amide bonds. The Balaban J connectivity index is 1.22. The Morgan fingerprint density at radius 1 is 0.915 bits per heavy atom. The molecule has 1 aromatic carbocycles. The van der Waals surface area contributed by atoms with Gasteiger partial charge in [-0.25, -0.2) is 0 Å². The van der Waals surface area contributed by atoms with Crippen molar-refractivity contribution in [3.05, 3.63) is 34.9 Å². The largest absolute Gasteiger partial charge is 0.508 e. The molecule has 5 fully saturated rings. The Morgan fingerprint density at radius 3 is 2.36 bits per heavy atom. The number of aromatic hydroxyl groups is 2. The van der Waals surface area contributed by atoms with Crippen molar-refractivity contribution in [3.8, 4) is 11.5 Å². The summed E-state index contributed by atoms with van der Waals surface area (Å²) < 4.78 is 6.87. The van der Waals surface area contributed by atoms with Crippen molar-refractivity contribution < 1.29 is 45.3 Å². The second-order valence-corrected chi connectivity index (χ2v) is 17.6. The summed E-state index contributed by atoms with van der Waals surface area (Å²) in [5.74, 6) is -2.64. The molecule has 0 radical (unpaired) electrons. The SMILES string of the molecule is C[C@H]1[C@H](C)CCC[C@]2(O[C@H]3C[C@@]4(O)C5=CC(=O)[C@@H]6[C@H]7c8cc(O)cc(O)c8CC[C@]7(O)[C@@H](O)C[C@]6(C)[C@H]5CC[C@]4(C)[C@H]3[C@@]2(C)O)[C@H]1O. The molecule has 7 aliphatic rings. The summed E-state index contributed by atoms with van der Waals surface area (Å²) in [6.07, 6.45) is 3.34. The fourth-order valence-electron chi connectivity index (χ4n) is 13.2. The maximum absolute atomic E-state index is 14.6. The van der Waals surface area contributed by atoms with Gasteiger partial charge in [0.25, 0.3) is 0 Å². The molecule has 47 heavy (non-hydrogen) atoms. The number of phenolic OH excluding ortho intramolecular Hbond substituents is 2. The molecule has 0 bridgehead atoms. The van der Waals surface area contributed by atoms with Gasteiger partial charge in [0.15, 0.2) is 5.78 Å². The number of aliphatic hydroxyl groups excluding tert-OH is 2. The van der Waals surface area contributed by atoms with E-state index in [1.54, 1.807) is 13.0 Å². The van der Waals surface area contributed by atoms with Gasteiger partial charge in [0.1, 0.15) is 17.1 Å². The molecule has 7 N–H and O–H groups in total. The van der Waals surface area contributed by atoms with Crippen molar-refractivity contribution in [3.63, 3.8) is 0 Å². The highest BCUT2D eigenvalue weighted by Gasteiger charge is 2.79. The van der Waals surface area contributed by atoms with Crippen LogP contribution in [0.3, 0.4) is 0 Å². The molecule has 258 valence electrons. The van der Waals surface area contributed by atoms with E-state index in [0.29, 0.717) is 42.4 Å². The minimum Gasteiger partial charge on any atom is -0.508 e. The van der Waals surface area contributed by atoms with E-state index in [-0.39, 0.29) is 54.3 Å². The zero-order valence-electron chi connectivity index (χ0n) is 28.2. The van der Waals surface area contributed by atoms with E-state index in [1.165, 1.54) is 12.1 Å². The van der Waals surface area contributed by atoms with Crippen molar-refractivity contribution in [2.45, 2.75) is 139 Å². The van der Waals surface area contributed by atoms with E-state index < -0.39 is 69.3 Å². The Labute approximate surface area is 276 Å². The van der Waals surface area contributed by atoms with Gasteiger partial charge in [0.2, 0.25) is 0 Å². The predicted molar refractivity (Wildman–Crippen MR) is 171 cm³/mol. The van der Waals surface area contributed by atoms with Crippen LogP contribution >= 0.6 is 0 Å². The number of fused-ring (bicyclic) bond motifs is 11. The molecule has 6 aliphatic carbocycles. The van der Waals surface area contributed by atoms with Crippen LogP contribution in [0.1, 0.15) is 103 Å². The molecule has 1 heterocycles. The molecule has 9 nitrogen and oxygen atoms in total. The van der Waals surface area contributed by atoms with Crippen LogP contribution < -0.4 is 0 Å². The first kappa shape index (κ1) is 32.2. The van der Waals surface area contributed by atoms with Crippen LogP contribution in [0, 0.1) is 40.4 Å². The normalized spacial score (nSPS) is 54.8. The molecular weight excluding hydrogens is 600 g/mol. The van der Waals surface area contributed by atoms with E-state index in [2.05, 4.69) is 6.92 Å². The van der Waals surface area contributed by atoms with Gasteiger partial charge in [0, 0.05) is 35.7 Å². The average Bonchev–Trinajstić information content (AvgIpc) is 3.31. The maximum atomic E-state index is 14.6. The fraction of sp³-hybridized carbons (Fsp3) is 0.763. The molecule has 9 heteroatoms. The van der Waals surface area contributed by atoms with Gasteiger partial charge in [-0.15, -0.1) is 0 Å². The van der Waals surface area contributed by atoms with E-state index in [4.69, 9.17) is 4.74 Å². The predicted octanol–water partition coefficient (Wildman–Crippen LogP) is 3.63. The molecular formula is C38H52O9. The molecule has 1 spiro atoms. The average molecular weight is 653 g/mol. The third-order valence-electron chi connectivity index (χ3n) is 15.8. The lowest BCUT2D eigenvalue weighted by Crippen LogP contribution is -2.68. The number of allylic oxidation sites excluding steroid dienone is 1. The van der Waals surface area contributed by atoms with Gasteiger partial charge in [-0.05, 0) is 97.5 Å². The Morgan fingerprint density at radius 2 is 1.64 bits per heavy atom. The van der Waals surface area contributed by atoms with Crippen LogP contribution in [0.15, 0.2) is 23.8 Å². The molecule has 0 aromatic heterocycles. The van der Waals surface area contributed by atoms with E-state index in [0.717, 1.165) is 12.8 Å². The molecule has 4 saturated carbocycles. The highest BCUT2D eigenvalue weighted by molar-refractivity contribution is 5.96. The highest BCUT2D eigenvalue weighted by atomic mass is 16.6. The van der Waals surface area contributed by atoms with Gasteiger partial charge in [-0.3, -0.25) is 4.79 Å². The number of hydrogen-bond donors (Lipinski definition) is 7. The molecule has 1 saturated heterocycles. The molecule has 1 aromatic rings. The van der Waals surface area contributed by atoms with Crippen LogP contribution in [0.25, 0.3) is 0 Å². The summed E-state index contributed by atoms with van der Waals surface area (Å²) in [6, 6.07) is 2.78. The first-order chi connectivity index (χ1) is 21.9. The topological polar surface area (TPSA) is 168 Å². The summed E-state index contributed by atoms with van der Waals surface area (Å²) in [4.78, 5) is 14.6. The van der Waals surface area contributed by atoms with Gasteiger partial charge in [0.05, 0.1) is 35.1 Å². The van der Waals surface area contributed by atoms with Crippen molar-refractivity contribution in [2.75, 3.05) is 0 Å². The van der Waals surface area contributed by atoms with Gasteiger partial charge >= 0.3 is 0 Å². The van der Waals surface area contributed by atoms with Crippen molar-refractivity contribution in [1.82, 2.24) is 0 Å². The van der Waals surface area contributed by atoms with Crippen LogP contribution in [-0.4, -0.2) is 82.2 Å². The first-order valence-corrected chi connectivity index (χ1v) is 17.9. The quantitative estimate of drug-likeness (QED) is 0.221. The Kier molecular flexibility index (Phi) is 6.58. The minimum atomic E-state index is -1.61. The number of phenols is 2. The Bertz CT molecular complexity index is 1570. The summed E-state index contributed by atoms with van der Waals surface area (Å²) in [5.41, 5.74) is -5.65. The zero-order chi connectivity index (χ0) is 33.9. The molecule has 1 aliphatic heterocycles. The number of ether oxygens (including phenoxy) is 1. The summed E-state index contributed by atoms with van der Waals surface area (Å²) in [7, 11) is 0. The van der Waals surface area contributed by atoms with E-state index in [9.17, 15) is 40.5 Å². The minimum absolute atomic E-state index is 0.0640. The summed E-state index contributed by atoms with van der Waals surface area (Å²) >= 11 is 0. The molecule has 0 unspecified atom stereocenters. The molecule has 8 rings (SSSR count). The number of benzene rings is 1. The lowest BCUT2D eigenvalue weighted by atomic mass is 9.41. The van der Waals surface area contributed by atoms with Gasteiger partial charge in [-0.2, -0.15) is 0 Å². The van der Waals surface area contributed by atoms with Gasteiger partial charge < -0.3 is 40.5 Å². The number of ketones is 1. The number of hydrogen-bond acceptors (Lipinski definition) is 9. The summed E-state index contributed by atoms with van der Waals surface area (Å²) in [5, 5.41) is 82.3. The van der Waals surface area contributed by atoms with Gasteiger partial charge in [-0.1, -0.05) is 40.5 Å². The fourth-order valence-corrected chi connectivity index (χ4v) is 13.2. The van der Waals surface area contributed by atoms with Crippen LogP contribution in [0.5, 0.6) is 11.5 Å².